The van der Waals surface area contributed by atoms with Gasteiger partial charge in [0.2, 0.25) is 0 Å². The quantitative estimate of drug-likeness (QED) is 0.495. The molecule has 1 atom stereocenters. The summed E-state index contributed by atoms with van der Waals surface area (Å²) in [6, 6.07) is 3.55. The molecule has 0 N–H and O–H groups in total. The maximum Gasteiger partial charge on any atom is 0.420 e. The predicted molar refractivity (Wildman–Crippen MR) is 87.7 cm³/mol. The van der Waals surface area contributed by atoms with Crippen LogP contribution in [0.4, 0.5) is 13.2 Å². The SMILES string of the molecule is CCOC(=O)/C=C(\C)COc1ccc(OC(C)CC)c(C(F)(F)F)c1. The minimum atomic E-state index is -4.56. The van der Waals surface area contributed by atoms with Crippen molar-refractivity contribution in [2.75, 3.05) is 13.2 Å². The van der Waals surface area contributed by atoms with Crippen molar-refractivity contribution >= 4 is 5.97 Å². The van der Waals surface area contributed by atoms with Crippen LogP contribution in [0.15, 0.2) is 29.8 Å². The van der Waals surface area contributed by atoms with Gasteiger partial charge in [0.15, 0.2) is 0 Å². The Kier molecular flexibility index (Phi) is 7.80. The van der Waals surface area contributed by atoms with Gasteiger partial charge in [-0.3, -0.25) is 0 Å². The minimum absolute atomic E-state index is 0.0261. The zero-order chi connectivity index (χ0) is 19.0. The second-order valence-corrected chi connectivity index (χ2v) is 5.52. The molecule has 140 valence electrons. The van der Waals surface area contributed by atoms with Crippen LogP contribution in [0.5, 0.6) is 11.5 Å². The Labute approximate surface area is 145 Å². The van der Waals surface area contributed by atoms with Gasteiger partial charge in [0.25, 0.3) is 0 Å². The lowest BCUT2D eigenvalue weighted by Gasteiger charge is -2.18. The Hall–Kier alpha value is -2.18. The topological polar surface area (TPSA) is 44.8 Å². The fourth-order valence-corrected chi connectivity index (χ4v) is 1.85. The van der Waals surface area contributed by atoms with Gasteiger partial charge in [0, 0.05) is 6.08 Å². The number of hydrogen-bond donors (Lipinski definition) is 0. The molecule has 0 fully saturated rings. The van der Waals surface area contributed by atoms with E-state index in [4.69, 9.17) is 14.2 Å². The molecule has 25 heavy (non-hydrogen) atoms. The summed E-state index contributed by atoms with van der Waals surface area (Å²) in [6.45, 7) is 7.06. The number of ether oxygens (including phenoxy) is 3. The molecule has 0 saturated carbocycles. The molecule has 4 nitrogen and oxygen atoms in total. The smallest absolute Gasteiger partial charge is 0.420 e. The predicted octanol–water partition coefficient (Wildman–Crippen LogP) is 4.77. The van der Waals surface area contributed by atoms with Crippen LogP contribution in [0.1, 0.15) is 39.7 Å². The summed E-state index contributed by atoms with van der Waals surface area (Å²) < 4.78 is 55.1. The van der Waals surface area contributed by atoms with Crippen molar-refractivity contribution in [1.29, 1.82) is 0 Å². The molecule has 7 heteroatoms. The first-order valence-electron chi connectivity index (χ1n) is 8.02. The molecule has 0 heterocycles. The van der Waals surface area contributed by atoms with E-state index < -0.39 is 17.7 Å². The van der Waals surface area contributed by atoms with Gasteiger partial charge in [-0.2, -0.15) is 13.2 Å². The second-order valence-electron chi connectivity index (χ2n) is 5.52. The normalized spacial score (nSPS) is 13.3. The third-order valence-electron chi connectivity index (χ3n) is 3.28. The number of rotatable bonds is 8. The van der Waals surface area contributed by atoms with Crippen molar-refractivity contribution in [3.05, 3.63) is 35.4 Å². The van der Waals surface area contributed by atoms with E-state index in [-0.39, 0.29) is 30.8 Å². The van der Waals surface area contributed by atoms with Gasteiger partial charge in [0.1, 0.15) is 23.7 Å². The maximum absolute atomic E-state index is 13.2. The fraction of sp³-hybridized carbons (Fsp3) is 0.500. The summed E-state index contributed by atoms with van der Waals surface area (Å²) in [4.78, 5) is 11.3. The Morgan fingerprint density at radius 1 is 1.28 bits per heavy atom. The van der Waals surface area contributed by atoms with Crippen molar-refractivity contribution in [3.63, 3.8) is 0 Å². The Morgan fingerprint density at radius 2 is 1.96 bits per heavy atom. The Morgan fingerprint density at radius 3 is 2.52 bits per heavy atom. The summed E-state index contributed by atoms with van der Waals surface area (Å²) in [5, 5.41) is 0. The van der Waals surface area contributed by atoms with E-state index in [0.29, 0.717) is 12.0 Å². The lowest BCUT2D eigenvalue weighted by molar-refractivity contribution is -0.139. The van der Waals surface area contributed by atoms with Gasteiger partial charge in [-0.15, -0.1) is 0 Å². The summed E-state index contributed by atoms with van der Waals surface area (Å²) in [5.41, 5.74) is -0.357. The van der Waals surface area contributed by atoms with Gasteiger partial charge >= 0.3 is 12.1 Å². The van der Waals surface area contributed by atoms with Crippen LogP contribution < -0.4 is 9.47 Å². The molecule has 1 rings (SSSR count). The van der Waals surface area contributed by atoms with E-state index in [1.807, 2.05) is 6.92 Å². The van der Waals surface area contributed by atoms with Crippen LogP contribution >= 0.6 is 0 Å². The monoisotopic (exact) mass is 360 g/mol. The van der Waals surface area contributed by atoms with E-state index in [0.717, 1.165) is 6.07 Å². The van der Waals surface area contributed by atoms with Crippen LogP contribution in [0.3, 0.4) is 0 Å². The Bertz CT molecular complexity index is 609. The van der Waals surface area contributed by atoms with E-state index in [1.54, 1.807) is 20.8 Å². The highest BCUT2D eigenvalue weighted by Crippen LogP contribution is 2.39. The van der Waals surface area contributed by atoms with Crippen molar-refractivity contribution < 1.29 is 32.2 Å². The standard InChI is InChI=1S/C18H23F3O4/c1-5-13(4)25-16-8-7-14(10-15(16)18(19,20)21)24-11-12(3)9-17(22)23-6-2/h7-10,13H,5-6,11H2,1-4H3/b12-9+. The molecule has 0 radical (unpaired) electrons. The molecular formula is C18H23F3O4. The van der Waals surface area contributed by atoms with Crippen molar-refractivity contribution in [3.8, 4) is 11.5 Å². The van der Waals surface area contributed by atoms with Crippen molar-refractivity contribution in [2.24, 2.45) is 0 Å². The van der Waals surface area contributed by atoms with Gasteiger partial charge in [-0.1, -0.05) is 6.92 Å². The zero-order valence-electron chi connectivity index (χ0n) is 14.8. The third-order valence-corrected chi connectivity index (χ3v) is 3.28. The molecule has 0 amide bonds. The summed E-state index contributed by atoms with van der Waals surface area (Å²) in [6.07, 6.45) is -3.05. The van der Waals surface area contributed by atoms with Gasteiger partial charge in [-0.25, -0.2) is 4.79 Å². The van der Waals surface area contributed by atoms with Gasteiger partial charge in [0.05, 0.1) is 12.7 Å². The van der Waals surface area contributed by atoms with E-state index >= 15 is 0 Å². The molecule has 0 bridgehead atoms. The molecule has 0 aliphatic carbocycles. The molecule has 1 aromatic rings. The van der Waals surface area contributed by atoms with E-state index in [2.05, 4.69) is 0 Å². The largest absolute Gasteiger partial charge is 0.490 e. The highest BCUT2D eigenvalue weighted by Gasteiger charge is 2.35. The lowest BCUT2D eigenvalue weighted by atomic mass is 10.1. The highest BCUT2D eigenvalue weighted by atomic mass is 19.4. The van der Waals surface area contributed by atoms with E-state index in [9.17, 15) is 18.0 Å². The number of halogens is 3. The van der Waals surface area contributed by atoms with Crippen LogP contribution in [0, 0.1) is 0 Å². The molecule has 0 aromatic heterocycles. The van der Waals surface area contributed by atoms with Gasteiger partial charge in [-0.05, 0) is 51.0 Å². The highest BCUT2D eigenvalue weighted by molar-refractivity contribution is 5.82. The average molecular weight is 360 g/mol. The average Bonchev–Trinajstić information content (AvgIpc) is 2.52. The summed E-state index contributed by atoms with van der Waals surface area (Å²) >= 11 is 0. The first-order valence-corrected chi connectivity index (χ1v) is 8.02. The first kappa shape index (κ1) is 20.9. The number of carbonyl (C=O) groups is 1. The number of alkyl halides is 3. The molecule has 1 unspecified atom stereocenters. The van der Waals surface area contributed by atoms with Gasteiger partial charge < -0.3 is 14.2 Å². The van der Waals surface area contributed by atoms with Crippen LogP contribution in [0.2, 0.25) is 0 Å². The van der Waals surface area contributed by atoms with Crippen LogP contribution in [0.25, 0.3) is 0 Å². The molecule has 0 spiro atoms. The molecule has 0 aliphatic heterocycles. The third kappa shape index (κ3) is 7.07. The summed E-state index contributed by atoms with van der Waals surface area (Å²) in [5.74, 6) is -0.703. The number of hydrogen-bond acceptors (Lipinski definition) is 4. The Balaban J connectivity index is 2.90. The number of benzene rings is 1. The zero-order valence-corrected chi connectivity index (χ0v) is 14.8. The lowest BCUT2D eigenvalue weighted by Crippen LogP contribution is -2.15. The molecule has 0 aliphatic rings. The molecule has 0 saturated heterocycles. The van der Waals surface area contributed by atoms with Crippen LogP contribution in [-0.2, 0) is 15.7 Å². The first-order chi connectivity index (χ1) is 11.7. The van der Waals surface area contributed by atoms with Crippen LogP contribution in [-0.4, -0.2) is 25.3 Å². The van der Waals surface area contributed by atoms with E-state index in [1.165, 1.54) is 18.2 Å². The van der Waals surface area contributed by atoms with Crippen molar-refractivity contribution in [2.45, 2.75) is 46.4 Å². The second kappa shape index (κ2) is 9.34. The maximum atomic E-state index is 13.2. The molecular weight excluding hydrogens is 337 g/mol. The number of carbonyl (C=O) groups excluding carboxylic acids is 1. The minimum Gasteiger partial charge on any atom is -0.490 e. The molecule has 1 aromatic carbocycles. The summed E-state index contributed by atoms with van der Waals surface area (Å²) in [7, 11) is 0. The fourth-order valence-electron chi connectivity index (χ4n) is 1.85. The van der Waals surface area contributed by atoms with Crippen molar-refractivity contribution in [1.82, 2.24) is 0 Å². The number of esters is 1.